The summed E-state index contributed by atoms with van der Waals surface area (Å²) < 4.78 is 13.8. The van der Waals surface area contributed by atoms with Gasteiger partial charge in [0.25, 0.3) is 5.91 Å². The van der Waals surface area contributed by atoms with E-state index in [0.29, 0.717) is 10.3 Å². The Morgan fingerprint density at radius 2 is 2.35 bits per heavy atom. The van der Waals surface area contributed by atoms with Crippen molar-refractivity contribution in [3.63, 3.8) is 0 Å². The van der Waals surface area contributed by atoms with Gasteiger partial charge in [0.15, 0.2) is 0 Å². The minimum absolute atomic E-state index is 0.0213. The highest BCUT2D eigenvalue weighted by Gasteiger charge is 2.15. The fourth-order valence-corrected chi connectivity index (χ4v) is 1.81. The minimum atomic E-state index is -0.575. The van der Waals surface area contributed by atoms with Gasteiger partial charge in [0.1, 0.15) is 18.0 Å². The Morgan fingerprint density at radius 3 is 3.00 bits per heavy atom. The summed E-state index contributed by atoms with van der Waals surface area (Å²) in [5, 5.41) is 8.77. The van der Waals surface area contributed by atoms with E-state index in [1.54, 1.807) is 6.07 Å². The van der Waals surface area contributed by atoms with Crippen molar-refractivity contribution in [2.75, 3.05) is 0 Å². The van der Waals surface area contributed by atoms with Crippen LogP contribution in [0.5, 0.6) is 0 Å². The largest absolute Gasteiger partial charge is 0.345 e. The zero-order valence-electron chi connectivity index (χ0n) is 8.58. The smallest absolute Gasteiger partial charge is 0.255 e. The summed E-state index contributed by atoms with van der Waals surface area (Å²) in [5.41, 5.74) is -0.0213. The van der Waals surface area contributed by atoms with Gasteiger partial charge in [-0.05, 0) is 28.1 Å². The van der Waals surface area contributed by atoms with Crippen LogP contribution in [0, 0.1) is 5.82 Å². The van der Waals surface area contributed by atoms with Crippen molar-refractivity contribution in [2.24, 2.45) is 0 Å². The second-order valence-electron chi connectivity index (χ2n) is 3.21. The van der Waals surface area contributed by atoms with Gasteiger partial charge in [0.05, 0.1) is 12.1 Å². The third kappa shape index (κ3) is 2.68. The van der Waals surface area contributed by atoms with Crippen LogP contribution in [0.2, 0.25) is 0 Å². The van der Waals surface area contributed by atoms with Crippen LogP contribution in [0.3, 0.4) is 0 Å². The summed E-state index contributed by atoms with van der Waals surface area (Å²) in [4.78, 5) is 15.6. The van der Waals surface area contributed by atoms with Crippen molar-refractivity contribution in [3.05, 3.63) is 46.2 Å². The minimum Gasteiger partial charge on any atom is -0.345 e. The molecular formula is C10H8BrFN4O. The molecule has 0 spiro atoms. The first-order valence-electron chi connectivity index (χ1n) is 4.75. The average molecular weight is 299 g/mol. The third-order valence-corrected chi connectivity index (χ3v) is 2.73. The molecule has 17 heavy (non-hydrogen) atoms. The van der Waals surface area contributed by atoms with Gasteiger partial charge in [-0.15, -0.1) is 0 Å². The monoisotopic (exact) mass is 298 g/mol. The normalized spacial score (nSPS) is 10.2. The standard InChI is InChI=1S/C10H8BrFN4O/c11-6-2-1-3-7(12)9(6)10(17)13-4-8-14-5-15-16-8/h1-3,5H,4H2,(H,13,17)(H,14,15,16). The molecule has 7 heteroatoms. The number of hydrogen-bond donors (Lipinski definition) is 2. The van der Waals surface area contributed by atoms with E-state index in [0.717, 1.165) is 0 Å². The highest BCUT2D eigenvalue weighted by Crippen LogP contribution is 2.19. The van der Waals surface area contributed by atoms with E-state index in [1.165, 1.54) is 18.5 Å². The summed E-state index contributed by atoms with van der Waals surface area (Å²) in [6, 6.07) is 4.35. The molecule has 1 amide bonds. The highest BCUT2D eigenvalue weighted by molar-refractivity contribution is 9.10. The first-order chi connectivity index (χ1) is 8.18. The molecule has 0 bridgehead atoms. The summed E-state index contributed by atoms with van der Waals surface area (Å²) in [5.74, 6) is -0.577. The predicted molar refractivity (Wildman–Crippen MR) is 61.7 cm³/mol. The Kier molecular flexibility index (Phi) is 3.48. The molecular weight excluding hydrogens is 291 g/mol. The molecule has 2 aromatic rings. The molecule has 0 saturated carbocycles. The molecule has 0 aliphatic rings. The van der Waals surface area contributed by atoms with Gasteiger partial charge < -0.3 is 5.32 Å². The zero-order chi connectivity index (χ0) is 12.3. The maximum atomic E-state index is 13.4. The number of halogens is 2. The molecule has 88 valence electrons. The zero-order valence-corrected chi connectivity index (χ0v) is 10.2. The maximum absolute atomic E-state index is 13.4. The second kappa shape index (κ2) is 5.05. The molecule has 0 atom stereocenters. The number of carbonyl (C=O) groups excluding carboxylic acids is 1. The molecule has 5 nitrogen and oxygen atoms in total. The topological polar surface area (TPSA) is 70.7 Å². The summed E-state index contributed by atoms with van der Waals surface area (Å²) in [7, 11) is 0. The van der Waals surface area contributed by atoms with E-state index in [9.17, 15) is 9.18 Å². The number of aromatic amines is 1. The first-order valence-corrected chi connectivity index (χ1v) is 5.54. The van der Waals surface area contributed by atoms with Gasteiger partial charge in [0.2, 0.25) is 0 Å². The molecule has 1 aromatic carbocycles. The Bertz CT molecular complexity index is 509. The van der Waals surface area contributed by atoms with Crippen molar-refractivity contribution in [1.29, 1.82) is 0 Å². The van der Waals surface area contributed by atoms with Crippen LogP contribution in [0.1, 0.15) is 16.2 Å². The molecule has 0 aliphatic carbocycles. The van der Waals surface area contributed by atoms with Crippen molar-refractivity contribution < 1.29 is 9.18 Å². The van der Waals surface area contributed by atoms with Gasteiger partial charge in [0, 0.05) is 4.47 Å². The number of nitrogens with one attached hydrogen (secondary N) is 2. The number of carbonyl (C=O) groups is 1. The summed E-state index contributed by atoms with van der Waals surface area (Å²) in [6.45, 7) is 0.166. The summed E-state index contributed by atoms with van der Waals surface area (Å²) in [6.07, 6.45) is 1.33. The van der Waals surface area contributed by atoms with Gasteiger partial charge in [-0.25, -0.2) is 9.37 Å². The number of H-pyrrole nitrogens is 1. The fraction of sp³-hybridized carbons (Fsp3) is 0.100. The Balaban J connectivity index is 2.10. The van der Waals surface area contributed by atoms with Gasteiger partial charge >= 0.3 is 0 Å². The van der Waals surface area contributed by atoms with Crippen molar-refractivity contribution in [1.82, 2.24) is 20.5 Å². The van der Waals surface area contributed by atoms with E-state index in [-0.39, 0.29) is 12.1 Å². The Labute approximate surface area is 105 Å². The molecule has 0 aliphatic heterocycles. The van der Waals surface area contributed by atoms with E-state index >= 15 is 0 Å². The van der Waals surface area contributed by atoms with E-state index in [2.05, 4.69) is 36.4 Å². The van der Waals surface area contributed by atoms with Crippen LogP contribution in [0.4, 0.5) is 4.39 Å². The number of hydrogen-bond acceptors (Lipinski definition) is 3. The predicted octanol–water partition coefficient (Wildman–Crippen LogP) is 1.64. The second-order valence-corrected chi connectivity index (χ2v) is 4.07. The van der Waals surface area contributed by atoms with E-state index in [1.807, 2.05) is 0 Å². The lowest BCUT2D eigenvalue weighted by molar-refractivity contribution is 0.0945. The van der Waals surface area contributed by atoms with Crippen LogP contribution < -0.4 is 5.32 Å². The molecule has 1 aromatic heterocycles. The van der Waals surface area contributed by atoms with Gasteiger partial charge in [-0.3, -0.25) is 9.89 Å². The number of amides is 1. The van der Waals surface area contributed by atoms with Crippen LogP contribution in [0.25, 0.3) is 0 Å². The lowest BCUT2D eigenvalue weighted by Gasteiger charge is -2.06. The average Bonchev–Trinajstić information content (AvgIpc) is 2.79. The van der Waals surface area contributed by atoms with Gasteiger partial charge in [-0.1, -0.05) is 6.07 Å². The van der Waals surface area contributed by atoms with Crippen LogP contribution in [-0.4, -0.2) is 21.1 Å². The maximum Gasteiger partial charge on any atom is 0.255 e. The molecule has 1 heterocycles. The van der Waals surface area contributed by atoms with Crippen LogP contribution in [0.15, 0.2) is 29.0 Å². The lowest BCUT2D eigenvalue weighted by atomic mass is 10.2. The van der Waals surface area contributed by atoms with E-state index < -0.39 is 11.7 Å². The Hall–Kier alpha value is -1.76. The van der Waals surface area contributed by atoms with Crippen LogP contribution in [-0.2, 0) is 6.54 Å². The van der Waals surface area contributed by atoms with Crippen LogP contribution >= 0.6 is 15.9 Å². The summed E-state index contributed by atoms with van der Waals surface area (Å²) >= 11 is 3.13. The first kappa shape index (κ1) is 11.7. The van der Waals surface area contributed by atoms with Crippen molar-refractivity contribution in [2.45, 2.75) is 6.54 Å². The molecule has 0 unspecified atom stereocenters. The quantitative estimate of drug-likeness (QED) is 0.905. The molecule has 0 saturated heterocycles. The number of aromatic nitrogens is 3. The molecule has 0 radical (unpaired) electrons. The number of nitrogens with zero attached hydrogens (tertiary/aromatic N) is 2. The van der Waals surface area contributed by atoms with Gasteiger partial charge in [-0.2, -0.15) is 5.10 Å². The SMILES string of the molecule is O=C(NCc1ncn[nH]1)c1c(F)cccc1Br. The molecule has 2 N–H and O–H groups in total. The highest BCUT2D eigenvalue weighted by atomic mass is 79.9. The number of benzene rings is 1. The molecule has 0 fully saturated rings. The third-order valence-electron chi connectivity index (χ3n) is 2.07. The number of rotatable bonds is 3. The lowest BCUT2D eigenvalue weighted by Crippen LogP contribution is -2.24. The molecule has 2 rings (SSSR count). The Morgan fingerprint density at radius 1 is 1.53 bits per heavy atom. The van der Waals surface area contributed by atoms with E-state index in [4.69, 9.17) is 0 Å². The van der Waals surface area contributed by atoms with Crippen molar-refractivity contribution >= 4 is 21.8 Å². The fourth-order valence-electron chi connectivity index (χ4n) is 1.28. The van der Waals surface area contributed by atoms with Crippen molar-refractivity contribution in [3.8, 4) is 0 Å².